The zero-order valence-electron chi connectivity index (χ0n) is 13.7. The third kappa shape index (κ3) is 5.29. The predicted molar refractivity (Wildman–Crippen MR) is 93.7 cm³/mol. The van der Waals surface area contributed by atoms with E-state index in [1.807, 2.05) is 26.0 Å². The average molecular weight is 323 g/mol. The monoisotopic (exact) mass is 322 g/mol. The summed E-state index contributed by atoms with van der Waals surface area (Å²) in [7, 11) is 0. The molecule has 0 heterocycles. The van der Waals surface area contributed by atoms with Gasteiger partial charge in [-0.15, -0.1) is 0 Å². The number of hydrogen-bond donors (Lipinski definition) is 2. The minimum absolute atomic E-state index is 0.0231. The van der Waals surface area contributed by atoms with E-state index in [9.17, 15) is 4.79 Å². The van der Waals surface area contributed by atoms with E-state index in [1.165, 1.54) is 38.5 Å². The number of nitrogens with one attached hydrogen (secondary N) is 2. The van der Waals surface area contributed by atoms with E-state index in [0.29, 0.717) is 17.5 Å². The van der Waals surface area contributed by atoms with Gasteiger partial charge in [-0.1, -0.05) is 43.4 Å². The number of anilines is 1. The van der Waals surface area contributed by atoms with Gasteiger partial charge in [-0.2, -0.15) is 0 Å². The van der Waals surface area contributed by atoms with Crippen LogP contribution in [0, 0.1) is 13.8 Å². The van der Waals surface area contributed by atoms with Crippen LogP contribution < -0.4 is 10.6 Å². The first kappa shape index (κ1) is 17.3. The third-order valence-corrected chi connectivity index (χ3v) is 4.63. The second-order valence-corrected chi connectivity index (χ2v) is 6.79. The lowest BCUT2D eigenvalue weighted by Gasteiger charge is -2.16. The van der Waals surface area contributed by atoms with Gasteiger partial charge in [-0.25, -0.2) is 0 Å². The number of rotatable bonds is 5. The Kier molecular flexibility index (Phi) is 6.71. The Bertz CT molecular complexity index is 485. The van der Waals surface area contributed by atoms with E-state index in [1.54, 1.807) is 0 Å². The predicted octanol–water partition coefficient (Wildman–Crippen LogP) is 4.60. The molecule has 1 aromatic carbocycles. The molecule has 3 nitrogen and oxygen atoms in total. The molecule has 0 spiro atoms. The van der Waals surface area contributed by atoms with Gasteiger partial charge in [0.15, 0.2) is 0 Å². The zero-order valence-corrected chi connectivity index (χ0v) is 14.4. The molecule has 1 aliphatic rings. The van der Waals surface area contributed by atoms with Gasteiger partial charge in [0.2, 0.25) is 5.91 Å². The molecule has 22 heavy (non-hydrogen) atoms. The van der Waals surface area contributed by atoms with Crippen LogP contribution in [0.2, 0.25) is 5.02 Å². The smallest absolute Gasteiger partial charge is 0.225 e. The molecule has 0 bridgehead atoms. The van der Waals surface area contributed by atoms with Crippen LogP contribution in [-0.4, -0.2) is 18.5 Å². The summed E-state index contributed by atoms with van der Waals surface area (Å²) < 4.78 is 0. The van der Waals surface area contributed by atoms with Gasteiger partial charge < -0.3 is 10.6 Å². The summed E-state index contributed by atoms with van der Waals surface area (Å²) >= 11 is 6.22. The van der Waals surface area contributed by atoms with E-state index < -0.39 is 0 Å². The van der Waals surface area contributed by atoms with Crippen molar-refractivity contribution in [3.05, 3.63) is 28.3 Å². The summed E-state index contributed by atoms with van der Waals surface area (Å²) in [5, 5.41) is 7.08. The molecule has 1 amide bonds. The summed E-state index contributed by atoms with van der Waals surface area (Å²) in [4.78, 5) is 12.1. The van der Waals surface area contributed by atoms with Crippen molar-refractivity contribution in [2.24, 2.45) is 0 Å². The molecule has 1 aliphatic carbocycles. The largest absolute Gasteiger partial charge is 0.325 e. The SMILES string of the molecule is Cc1cc(C)c(NC(=O)CCNC2CCCCCC2)c(Cl)c1. The van der Waals surface area contributed by atoms with Gasteiger partial charge >= 0.3 is 0 Å². The highest BCUT2D eigenvalue weighted by Gasteiger charge is 2.13. The van der Waals surface area contributed by atoms with E-state index in [0.717, 1.165) is 23.4 Å². The van der Waals surface area contributed by atoms with Crippen LogP contribution in [0.4, 0.5) is 5.69 Å². The number of amides is 1. The summed E-state index contributed by atoms with van der Waals surface area (Å²) in [5.74, 6) is 0.0231. The minimum Gasteiger partial charge on any atom is -0.325 e. The van der Waals surface area contributed by atoms with E-state index in [2.05, 4.69) is 10.6 Å². The van der Waals surface area contributed by atoms with Crippen LogP contribution in [0.3, 0.4) is 0 Å². The van der Waals surface area contributed by atoms with Crippen molar-refractivity contribution in [2.45, 2.75) is 64.8 Å². The van der Waals surface area contributed by atoms with Crippen LogP contribution >= 0.6 is 11.6 Å². The minimum atomic E-state index is 0.0231. The maximum atomic E-state index is 12.1. The summed E-state index contributed by atoms with van der Waals surface area (Å²) in [6, 6.07) is 4.50. The maximum Gasteiger partial charge on any atom is 0.225 e. The Morgan fingerprint density at radius 3 is 2.50 bits per heavy atom. The van der Waals surface area contributed by atoms with Gasteiger partial charge in [-0.3, -0.25) is 4.79 Å². The highest BCUT2D eigenvalue weighted by Crippen LogP contribution is 2.27. The number of hydrogen-bond acceptors (Lipinski definition) is 2. The highest BCUT2D eigenvalue weighted by atomic mass is 35.5. The fourth-order valence-corrected chi connectivity index (χ4v) is 3.52. The second-order valence-electron chi connectivity index (χ2n) is 6.38. The topological polar surface area (TPSA) is 41.1 Å². The van der Waals surface area contributed by atoms with Crippen LogP contribution in [0.1, 0.15) is 56.1 Å². The van der Waals surface area contributed by atoms with E-state index in [4.69, 9.17) is 11.6 Å². The lowest BCUT2D eigenvalue weighted by atomic mass is 10.1. The van der Waals surface area contributed by atoms with Crippen molar-refractivity contribution in [1.29, 1.82) is 0 Å². The van der Waals surface area contributed by atoms with Crippen molar-refractivity contribution in [3.8, 4) is 0 Å². The number of carbonyl (C=O) groups is 1. The standard InChI is InChI=1S/C18H27ClN2O/c1-13-11-14(2)18(16(19)12-13)21-17(22)9-10-20-15-7-5-3-4-6-8-15/h11-12,15,20H,3-10H2,1-2H3,(H,21,22). The first-order chi connectivity index (χ1) is 10.6. The molecule has 0 saturated heterocycles. The Morgan fingerprint density at radius 2 is 1.86 bits per heavy atom. The molecular weight excluding hydrogens is 296 g/mol. The lowest BCUT2D eigenvalue weighted by Crippen LogP contribution is -2.31. The second kappa shape index (κ2) is 8.54. The molecule has 4 heteroatoms. The van der Waals surface area contributed by atoms with Crippen molar-refractivity contribution < 1.29 is 4.79 Å². The normalized spacial score (nSPS) is 16.3. The molecule has 0 atom stereocenters. The van der Waals surface area contributed by atoms with Gasteiger partial charge in [0, 0.05) is 19.0 Å². The van der Waals surface area contributed by atoms with Gasteiger partial charge in [0.05, 0.1) is 10.7 Å². The molecule has 122 valence electrons. The van der Waals surface area contributed by atoms with Crippen LogP contribution in [0.25, 0.3) is 0 Å². The Hall–Kier alpha value is -1.06. The molecule has 1 saturated carbocycles. The van der Waals surface area contributed by atoms with Crippen LogP contribution in [-0.2, 0) is 4.79 Å². The van der Waals surface area contributed by atoms with Crippen molar-refractivity contribution >= 4 is 23.2 Å². The van der Waals surface area contributed by atoms with E-state index >= 15 is 0 Å². The third-order valence-electron chi connectivity index (χ3n) is 4.34. The molecule has 1 fully saturated rings. The molecule has 0 unspecified atom stereocenters. The summed E-state index contributed by atoms with van der Waals surface area (Å²) in [6.45, 7) is 4.71. The molecule has 0 aliphatic heterocycles. The fourth-order valence-electron chi connectivity index (χ4n) is 3.15. The summed E-state index contributed by atoms with van der Waals surface area (Å²) in [6.07, 6.45) is 8.28. The molecule has 0 aromatic heterocycles. The first-order valence-corrected chi connectivity index (χ1v) is 8.74. The number of benzene rings is 1. The van der Waals surface area contributed by atoms with Crippen LogP contribution in [0.15, 0.2) is 12.1 Å². The summed E-state index contributed by atoms with van der Waals surface area (Å²) in [5.41, 5.74) is 2.86. The Labute approximate surface area is 138 Å². The number of halogens is 1. The quantitative estimate of drug-likeness (QED) is 0.778. The van der Waals surface area contributed by atoms with E-state index in [-0.39, 0.29) is 5.91 Å². The zero-order chi connectivity index (χ0) is 15.9. The Balaban J connectivity index is 1.78. The van der Waals surface area contributed by atoms with Gasteiger partial charge in [-0.05, 0) is 43.9 Å². The molecule has 0 radical (unpaired) electrons. The lowest BCUT2D eigenvalue weighted by molar-refractivity contribution is -0.116. The number of aryl methyl sites for hydroxylation is 2. The highest BCUT2D eigenvalue weighted by molar-refractivity contribution is 6.34. The Morgan fingerprint density at radius 1 is 1.18 bits per heavy atom. The van der Waals surface area contributed by atoms with Gasteiger partial charge in [0.25, 0.3) is 0 Å². The first-order valence-electron chi connectivity index (χ1n) is 8.36. The average Bonchev–Trinajstić information content (AvgIpc) is 2.71. The van der Waals surface area contributed by atoms with Gasteiger partial charge in [0.1, 0.15) is 0 Å². The molecule has 2 N–H and O–H groups in total. The molecular formula is C18H27ClN2O. The van der Waals surface area contributed by atoms with Crippen molar-refractivity contribution in [2.75, 3.05) is 11.9 Å². The van der Waals surface area contributed by atoms with Crippen molar-refractivity contribution in [3.63, 3.8) is 0 Å². The molecule has 1 aromatic rings. The number of carbonyl (C=O) groups excluding carboxylic acids is 1. The van der Waals surface area contributed by atoms with Crippen LogP contribution in [0.5, 0.6) is 0 Å². The maximum absolute atomic E-state index is 12.1. The fraction of sp³-hybridized carbons (Fsp3) is 0.611. The molecule has 2 rings (SSSR count). The van der Waals surface area contributed by atoms with Crippen molar-refractivity contribution in [1.82, 2.24) is 5.32 Å².